The van der Waals surface area contributed by atoms with Crippen LogP contribution >= 0.6 is 0 Å². The molecule has 2 aromatic heterocycles. The predicted octanol–water partition coefficient (Wildman–Crippen LogP) is 5.57. The maximum atomic E-state index is 13.3. The second kappa shape index (κ2) is 10.9. The summed E-state index contributed by atoms with van der Waals surface area (Å²) in [4.78, 5) is 24.9. The van der Waals surface area contributed by atoms with E-state index in [1.54, 1.807) is 12.3 Å². The number of hydrogen-bond donors (Lipinski definition) is 4. The molecule has 210 valence electrons. The van der Waals surface area contributed by atoms with Gasteiger partial charge in [0.2, 0.25) is 11.9 Å². The van der Waals surface area contributed by atoms with E-state index in [0.717, 1.165) is 50.7 Å². The van der Waals surface area contributed by atoms with Crippen LogP contribution < -0.4 is 16.0 Å². The number of anilines is 3. The Balaban J connectivity index is 1.46. The van der Waals surface area contributed by atoms with Gasteiger partial charge in [0.1, 0.15) is 5.52 Å². The van der Waals surface area contributed by atoms with E-state index >= 15 is 0 Å². The number of nitrogens with one attached hydrogen (secondary N) is 3. The van der Waals surface area contributed by atoms with E-state index < -0.39 is 17.8 Å². The number of nitrogens with zero attached hydrogens (tertiary/aromatic N) is 4. The van der Waals surface area contributed by atoms with Gasteiger partial charge in [-0.15, -0.1) is 0 Å². The van der Waals surface area contributed by atoms with Gasteiger partial charge in [0.05, 0.1) is 11.8 Å². The van der Waals surface area contributed by atoms with Crippen LogP contribution in [0.25, 0.3) is 11.2 Å². The van der Waals surface area contributed by atoms with Crippen LogP contribution in [0.5, 0.6) is 0 Å². The third kappa shape index (κ3) is 6.35. The molecule has 10 nitrogen and oxygen atoms in total. The molecule has 1 saturated carbocycles. The van der Waals surface area contributed by atoms with E-state index in [1.165, 1.54) is 6.07 Å². The highest BCUT2D eigenvalue weighted by Crippen LogP contribution is 2.38. The maximum absolute atomic E-state index is 13.3. The number of hydrogen-bond acceptors (Lipinski definition) is 7. The molecule has 4 N–H and O–H groups in total. The molecule has 13 heteroatoms. The minimum absolute atomic E-state index is 0.0224. The Kier molecular flexibility index (Phi) is 7.52. The predicted molar refractivity (Wildman–Crippen MR) is 139 cm³/mol. The summed E-state index contributed by atoms with van der Waals surface area (Å²) in [5.41, 5.74) is 0.413. The molecule has 0 atom stereocenters. The Morgan fingerprint density at radius 3 is 2.62 bits per heavy atom. The lowest BCUT2D eigenvalue weighted by Gasteiger charge is -2.34. The van der Waals surface area contributed by atoms with E-state index in [4.69, 9.17) is 14.8 Å². The molecule has 3 aromatic rings. The van der Waals surface area contributed by atoms with Crippen molar-refractivity contribution in [1.29, 1.82) is 0 Å². The smallest absolute Gasteiger partial charge is 0.416 e. The average Bonchev–Trinajstić information content (AvgIpc) is 3.24. The van der Waals surface area contributed by atoms with Gasteiger partial charge >= 0.3 is 12.3 Å². The number of carbonyl (C=O) groups is 1. The number of alkyl halides is 3. The Labute approximate surface area is 223 Å². The van der Waals surface area contributed by atoms with Gasteiger partial charge in [0.25, 0.3) is 0 Å². The molecule has 2 aliphatic rings. The zero-order valence-corrected chi connectivity index (χ0v) is 21.6. The molecular formula is C26H32F3N7O3. The first-order valence-corrected chi connectivity index (χ1v) is 13.1. The van der Waals surface area contributed by atoms with Crippen molar-refractivity contribution in [3.8, 4) is 0 Å². The zero-order valence-electron chi connectivity index (χ0n) is 21.6. The molecule has 1 aliphatic carbocycles. The molecule has 39 heavy (non-hydrogen) atoms. The summed E-state index contributed by atoms with van der Waals surface area (Å²) < 4.78 is 47.5. The fraction of sp³-hybridized carbons (Fsp3) is 0.538. The van der Waals surface area contributed by atoms with Crippen molar-refractivity contribution in [2.24, 2.45) is 5.92 Å². The van der Waals surface area contributed by atoms with E-state index in [0.29, 0.717) is 42.8 Å². The zero-order chi connectivity index (χ0) is 27.6. The monoisotopic (exact) mass is 547 g/mol. The number of halogens is 3. The number of rotatable bonds is 7. The molecule has 1 amide bonds. The van der Waals surface area contributed by atoms with Crippen molar-refractivity contribution < 1.29 is 27.8 Å². The number of amides is 1. The first-order chi connectivity index (χ1) is 18.6. The molecule has 0 radical (unpaired) electrons. The average molecular weight is 548 g/mol. The fourth-order valence-corrected chi connectivity index (χ4v) is 5.34. The Bertz CT molecular complexity index is 1320. The molecule has 2 fully saturated rings. The van der Waals surface area contributed by atoms with Crippen molar-refractivity contribution in [1.82, 2.24) is 24.8 Å². The summed E-state index contributed by atoms with van der Waals surface area (Å²) in [6, 6.07) is 4.99. The summed E-state index contributed by atoms with van der Waals surface area (Å²) in [5, 5.41) is 17.9. The molecule has 0 spiro atoms. The van der Waals surface area contributed by atoms with E-state index in [-0.39, 0.29) is 23.2 Å². The Morgan fingerprint density at radius 1 is 1.18 bits per heavy atom. The largest absolute Gasteiger partial charge is 0.465 e. The van der Waals surface area contributed by atoms with Crippen molar-refractivity contribution in [3.63, 3.8) is 0 Å². The van der Waals surface area contributed by atoms with Crippen LogP contribution in [0.4, 0.5) is 35.5 Å². The van der Waals surface area contributed by atoms with Gasteiger partial charge in [0.15, 0.2) is 5.65 Å². The van der Waals surface area contributed by atoms with Crippen molar-refractivity contribution in [2.45, 2.75) is 63.2 Å². The Morgan fingerprint density at radius 2 is 1.92 bits per heavy atom. The van der Waals surface area contributed by atoms with Crippen molar-refractivity contribution >= 4 is 34.8 Å². The van der Waals surface area contributed by atoms with Gasteiger partial charge in [-0.2, -0.15) is 18.2 Å². The van der Waals surface area contributed by atoms with E-state index in [9.17, 15) is 18.0 Å². The van der Waals surface area contributed by atoms with Gasteiger partial charge < -0.3 is 25.8 Å². The highest BCUT2D eigenvalue weighted by atomic mass is 19.4. The summed E-state index contributed by atoms with van der Waals surface area (Å²) in [6.07, 6.45) is 0.821. The van der Waals surface area contributed by atoms with Crippen LogP contribution in [0, 0.1) is 5.92 Å². The highest BCUT2D eigenvalue weighted by molar-refractivity contribution is 5.76. The number of benzene rings is 1. The number of carboxylic acid groups (broad SMARTS) is 1. The number of fused-ring (bicyclic) bond motifs is 1. The van der Waals surface area contributed by atoms with Crippen LogP contribution in [0.3, 0.4) is 0 Å². The molecule has 1 saturated heterocycles. The fourth-order valence-electron chi connectivity index (χ4n) is 5.34. The standard InChI is InChI=1S/C26H32F3N7O3/c1-25(9-11-39-12-10-25)35-22-30-15-20-21(34-22)36(19-7-5-16(6-8-19)14-31-24(37)38)23(33-20)32-18-4-2-3-17(13-18)26(27,28)29/h2-4,13,15-16,19,31H,5-12,14H2,1H3,(H,32,33)(H,37,38)(H,30,34,35)/t16-,19-. The highest BCUT2D eigenvalue weighted by Gasteiger charge is 2.32. The SMILES string of the molecule is CC1(Nc2ncc3nc(Nc4cccc(C(F)(F)F)c4)n([C@H]4CC[C@H](CNC(=O)O)CC4)c3n2)CCOCC1. The first-order valence-electron chi connectivity index (χ1n) is 13.1. The van der Waals surface area contributed by atoms with Gasteiger partial charge in [-0.1, -0.05) is 6.07 Å². The Hall–Kier alpha value is -3.61. The van der Waals surface area contributed by atoms with Crippen LogP contribution in [0.2, 0.25) is 0 Å². The molecule has 5 rings (SSSR count). The normalized spacial score (nSPS) is 21.4. The molecule has 1 aromatic carbocycles. The molecule has 1 aliphatic heterocycles. The van der Waals surface area contributed by atoms with E-state index in [2.05, 4.69) is 32.8 Å². The van der Waals surface area contributed by atoms with Crippen LogP contribution in [0.15, 0.2) is 30.5 Å². The maximum Gasteiger partial charge on any atom is 0.416 e. The topological polar surface area (TPSA) is 126 Å². The summed E-state index contributed by atoms with van der Waals surface area (Å²) in [7, 11) is 0. The van der Waals surface area contributed by atoms with Crippen LogP contribution in [0.1, 0.15) is 57.1 Å². The molecule has 0 bridgehead atoms. The number of ether oxygens (including phenoxy) is 1. The number of aromatic nitrogens is 4. The van der Waals surface area contributed by atoms with E-state index in [1.807, 2.05) is 4.57 Å². The van der Waals surface area contributed by atoms with Gasteiger partial charge in [-0.25, -0.2) is 14.8 Å². The summed E-state index contributed by atoms with van der Waals surface area (Å²) >= 11 is 0. The second-order valence-corrected chi connectivity index (χ2v) is 10.6. The van der Waals surface area contributed by atoms with Crippen molar-refractivity contribution in [3.05, 3.63) is 36.0 Å². The third-order valence-electron chi connectivity index (χ3n) is 7.61. The minimum atomic E-state index is -4.47. The third-order valence-corrected chi connectivity index (χ3v) is 7.61. The minimum Gasteiger partial charge on any atom is -0.465 e. The molecular weight excluding hydrogens is 515 g/mol. The molecule has 0 unspecified atom stereocenters. The lowest BCUT2D eigenvalue weighted by molar-refractivity contribution is -0.137. The van der Waals surface area contributed by atoms with Crippen LogP contribution in [-0.4, -0.2) is 56.0 Å². The summed E-state index contributed by atoms with van der Waals surface area (Å²) in [6.45, 7) is 3.79. The quantitative estimate of drug-likeness (QED) is 0.303. The second-order valence-electron chi connectivity index (χ2n) is 10.6. The first kappa shape index (κ1) is 27.0. The van der Waals surface area contributed by atoms with Crippen LogP contribution in [-0.2, 0) is 10.9 Å². The van der Waals surface area contributed by atoms with Gasteiger partial charge in [0, 0.05) is 37.0 Å². The summed E-state index contributed by atoms with van der Waals surface area (Å²) in [5.74, 6) is 1.06. The van der Waals surface area contributed by atoms with Gasteiger partial charge in [-0.3, -0.25) is 4.57 Å². The lowest BCUT2D eigenvalue weighted by Crippen LogP contribution is -2.41. The van der Waals surface area contributed by atoms with Gasteiger partial charge in [-0.05, 0) is 69.6 Å². The lowest BCUT2D eigenvalue weighted by atomic mass is 9.86. The molecule has 3 heterocycles. The van der Waals surface area contributed by atoms with Crippen molar-refractivity contribution in [2.75, 3.05) is 30.4 Å². The number of imidazole rings is 1.